The van der Waals surface area contributed by atoms with E-state index in [9.17, 15) is 5.11 Å². The Morgan fingerprint density at radius 3 is 2.79 bits per heavy atom. The highest BCUT2D eigenvalue weighted by atomic mass is 16.3. The van der Waals surface area contributed by atoms with Crippen LogP contribution in [0.5, 0.6) is 0 Å². The Balaban J connectivity index is 2.12. The first kappa shape index (κ1) is 14.5. The van der Waals surface area contributed by atoms with Gasteiger partial charge in [-0.3, -0.25) is 4.68 Å². The molecule has 1 aromatic heterocycles. The maximum atomic E-state index is 10.9. The van der Waals surface area contributed by atoms with Crippen LogP contribution in [-0.4, -0.2) is 45.5 Å². The van der Waals surface area contributed by atoms with Gasteiger partial charge in [-0.2, -0.15) is 5.10 Å². The van der Waals surface area contributed by atoms with Gasteiger partial charge in [0.15, 0.2) is 0 Å². The van der Waals surface area contributed by atoms with Crippen LogP contribution in [0.4, 0.5) is 0 Å². The van der Waals surface area contributed by atoms with Gasteiger partial charge in [0.2, 0.25) is 0 Å². The third-order valence-corrected chi connectivity index (χ3v) is 4.23. The minimum Gasteiger partial charge on any atom is -0.389 e. The Kier molecular flexibility index (Phi) is 4.63. The molecule has 0 aliphatic carbocycles. The molecule has 1 unspecified atom stereocenters. The number of aryl methyl sites for hydroxylation is 2. The summed E-state index contributed by atoms with van der Waals surface area (Å²) in [6.07, 6.45) is 4.53. The molecule has 1 atom stereocenters. The van der Waals surface area contributed by atoms with Crippen molar-refractivity contribution in [1.29, 1.82) is 0 Å². The van der Waals surface area contributed by atoms with Gasteiger partial charge in [0.05, 0.1) is 11.3 Å². The molecule has 0 spiro atoms. The summed E-state index contributed by atoms with van der Waals surface area (Å²) in [7, 11) is 2.14. The molecule has 4 nitrogen and oxygen atoms in total. The van der Waals surface area contributed by atoms with Gasteiger partial charge in [0.1, 0.15) is 0 Å². The lowest BCUT2D eigenvalue weighted by Gasteiger charge is -2.26. The lowest BCUT2D eigenvalue weighted by molar-refractivity contribution is 0.0244. The van der Waals surface area contributed by atoms with E-state index < -0.39 is 5.60 Å². The lowest BCUT2D eigenvalue weighted by atomic mass is 9.89. The second-order valence-corrected chi connectivity index (χ2v) is 5.85. The average molecular weight is 265 g/mol. The smallest absolute Gasteiger partial charge is 0.0715 e. The molecule has 0 radical (unpaired) electrons. The molecule has 0 aromatic carbocycles. The van der Waals surface area contributed by atoms with Gasteiger partial charge in [-0.25, -0.2) is 0 Å². The molecule has 1 aliphatic heterocycles. The number of hydrogen-bond donors (Lipinski definition) is 1. The predicted molar refractivity (Wildman–Crippen MR) is 77.3 cm³/mol. The maximum Gasteiger partial charge on any atom is 0.0715 e. The van der Waals surface area contributed by atoms with Crippen molar-refractivity contribution in [3.8, 4) is 0 Å². The van der Waals surface area contributed by atoms with Crippen molar-refractivity contribution in [2.45, 2.75) is 58.1 Å². The Labute approximate surface area is 116 Å². The molecule has 1 fully saturated rings. The van der Waals surface area contributed by atoms with E-state index in [0.717, 1.165) is 57.4 Å². The van der Waals surface area contributed by atoms with Crippen LogP contribution in [0.25, 0.3) is 0 Å². The zero-order valence-corrected chi connectivity index (χ0v) is 12.5. The third-order valence-electron chi connectivity index (χ3n) is 4.23. The van der Waals surface area contributed by atoms with E-state index >= 15 is 0 Å². The van der Waals surface area contributed by atoms with Gasteiger partial charge in [0, 0.05) is 25.2 Å². The second-order valence-electron chi connectivity index (χ2n) is 5.85. The first-order valence-corrected chi connectivity index (χ1v) is 7.53. The summed E-state index contributed by atoms with van der Waals surface area (Å²) in [5, 5.41) is 15.4. The monoisotopic (exact) mass is 265 g/mol. The average Bonchev–Trinajstić information content (AvgIpc) is 2.70. The standard InChI is InChI=1S/C15H27N3O/c1-4-13-11-14(18(5-2)16-13)12-15(19)7-6-9-17(3)10-8-15/h11,19H,4-10,12H2,1-3H3. The quantitative estimate of drug-likeness (QED) is 0.903. The van der Waals surface area contributed by atoms with Crippen molar-refractivity contribution in [2.24, 2.45) is 0 Å². The van der Waals surface area contributed by atoms with Crippen LogP contribution in [-0.2, 0) is 19.4 Å². The molecule has 4 heteroatoms. The van der Waals surface area contributed by atoms with E-state index in [1.165, 1.54) is 5.69 Å². The van der Waals surface area contributed by atoms with Gasteiger partial charge in [-0.1, -0.05) is 6.92 Å². The lowest BCUT2D eigenvalue weighted by Crippen LogP contribution is -2.33. The number of aliphatic hydroxyl groups is 1. The fourth-order valence-electron chi connectivity index (χ4n) is 2.93. The minimum absolute atomic E-state index is 0.553. The molecule has 1 N–H and O–H groups in total. The van der Waals surface area contributed by atoms with Gasteiger partial charge >= 0.3 is 0 Å². The molecular formula is C15H27N3O. The van der Waals surface area contributed by atoms with Crippen LogP contribution >= 0.6 is 0 Å². The summed E-state index contributed by atoms with van der Waals surface area (Å²) in [4.78, 5) is 2.31. The Bertz CT molecular complexity index is 416. The van der Waals surface area contributed by atoms with E-state index in [0.29, 0.717) is 0 Å². The van der Waals surface area contributed by atoms with Crippen LogP contribution in [0.1, 0.15) is 44.5 Å². The fourth-order valence-corrected chi connectivity index (χ4v) is 2.93. The van der Waals surface area contributed by atoms with Crippen LogP contribution in [0.15, 0.2) is 6.07 Å². The summed E-state index contributed by atoms with van der Waals surface area (Å²) < 4.78 is 2.05. The van der Waals surface area contributed by atoms with Gasteiger partial charge in [-0.15, -0.1) is 0 Å². The number of aromatic nitrogens is 2. The topological polar surface area (TPSA) is 41.3 Å². The molecule has 19 heavy (non-hydrogen) atoms. The van der Waals surface area contributed by atoms with Crippen molar-refractivity contribution < 1.29 is 5.11 Å². The minimum atomic E-state index is -0.553. The van der Waals surface area contributed by atoms with Crippen molar-refractivity contribution >= 4 is 0 Å². The predicted octanol–water partition coefficient (Wildman–Crippen LogP) is 1.85. The summed E-state index contributed by atoms with van der Waals surface area (Å²) in [5.74, 6) is 0. The molecular weight excluding hydrogens is 238 g/mol. The second kappa shape index (κ2) is 6.06. The molecule has 0 amide bonds. The summed E-state index contributed by atoms with van der Waals surface area (Å²) in [6.45, 7) is 7.20. The third kappa shape index (κ3) is 3.57. The highest BCUT2D eigenvalue weighted by Crippen LogP contribution is 2.26. The number of likely N-dealkylation sites (tertiary alicyclic amines) is 1. The highest BCUT2D eigenvalue weighted by Gasteiger charge is 2.30. The zero-order chi connectivity index (χ0) is 13.9. The summed E-state index contributed by atoms with van der Waals surface area (Å²) >= 11 is 0. The molecule has 1 aliphatic rings. The van der Waals surface area contributed by atoms with Crippen molar-refractivity contribution in [3.05, 3.63) is 17.5 Å². The normalized spacial score (nSPS) is 25.5. The Morgan fingerprint density at radius 1 is 1.32 bits per heavy atom. The van der Waals surface area contributed by atoms with Gasteiger partial charge in [-0.05, 0) is 52.3 Å². The molecule has 2 heterocycles. The number of nitrogens with zero attached hydrogens (tertiary/aromatic N) is 3. The van der Waals surface area contributed by atoms with E-state index in [4.69, 9.17) is 0 Å². The van der Waals surface area contributed by atoms with Crippen LogP contribution in [0, 0.1) is 0 Å². The molecule has 108 valence electrons. The van der Waals surface area contributed by atoms with Crippen LogP contribution in [0.3, 0.4) is 0 Å². The Morgan fingerprint density at radius 2 is 2.11 bits per heavy atom. The summed E-state index contributed by atoms with van der Waals surface area (Å²) in [5.41, 5.74) is 1.76. The first-order valence-electron chi connectivity index (χ1n) is 7.53. The van der Waals surface area contributed by atoms with E-state index in [2.05, 4.69) is 37.0 Å². The fraction of sp³-hybridized carbons (Fsp3) is 0.800. The first-order chi connectivity index (χ1) is 9.06. The van der Waals surface area contributed by atoms with Crippen molar-refractivity contribution in [1.82, 2.24) is 14.7 Å². The number of rotatable bonds is 4. The van der Waals surface area contributed by atoms with E-state index in [1.807, 2.05) is 4.68 Å². The van der Waals surface area contributed by atoms with Crippen LogP contribution in [0.2, 0.25) is 0 Å². The SMILES string of the molecule is CCc1cc(CC2(O)CCCN(C)CC2)n(CC)n1. The molecule has 1 saturated heterocycles. The van der Waals surface area contributed by atoms with Crippen molar-refractivity contribution in [2.75, 3.05) is 20.1 Å². The number of hydrogen-bond acceptors (Lipinski definition) is 3. The summed E-state index contributed by atoms with van der Waals surface area (Å²) in [6, 6.07) is 2.16. The maximum absolute atomic E-state index is 10.9. The largest absolute Gasteiger partial charge is 0.389 e. The molecule has 0 bridgehead atoms. The van der Waals surface area contributed by atoms with Crippen LogP contribution < -0.4 is 0 Å². The molecule has 2 rings (SSSR count). The van der Waals surface area contributed by atoms with Gasteiger partial charge < -0.3 is 10.0 Å². The van der Waals surface area contributed by atoms with Gasteiger partial charge in [0.25, 0.3) is 0 Å². The molecule has 1 aromatic rings. The highest BCUT2D eigenvalue weighted by molar-refractivity contribution is 5.13. The zero-order valence-electron chi connectivity index (χ0n) is 12.5. The Hall–Kier alpha value is -0.870. The van der Waals surface area contributed by atoms with E-state index in [-0.39, 0.29) is 0 Å². The van der Waals surface area contributed by atoms with E-state index in [1.54, 1.807) is 0 Å². The van der Waals surface area contributed by atoms with Crippen molar-refractivity contribution in [3.63, 3.8) is 0 Å². The molecule has 0 saturated carbocycles.